The van der Waals surface area contributed by atoms with Crippen LogP contribution in [-0.2, 0) is 4.79 Å². The summed E-state index contributed by atoms with van der Waals surface area (Å²) < 4.78 is 5.71. The minimum atomic E-state index is -0.919. The van der Waals surface area contributed by atoms with E-state index in [9.17, 15) is 9.59 Å². The smallest absolute Gasteiger partial charge is 0.305 e. The largest absolute Gasteiger partial charge is 0.481 e. The van der Waals surface area contributed by atoms with Crippen LogP contribution in [-0.4, -0.2) is 34.5 Å². The van der Waals surface area contributed by atoms with Crippen molar-refractivity contribution in [1.29, 1.82) is 0 Å². The van der Waals surface area contributed by atoms with Gasteiger partial charge in [-0.2, -0.15) is 0 Å². The van der Waals surface area contributed by atoms with Gasteiger partial charge in [-0.15, -0.1) is 0 Å². The highest BCUT2D eigenvalue weighted by molar-refractivity contribution is 5.96. The van der Waals surface area contributed by atoms with Crippen molar-refractivity contribution in [2.45, 2.75) is 33.2 Å². The summed E-state index contributed by atoms with van der Waals surface area (Å²) in [5.41, 5.74) is 1.37. The highest BCUT2D eigenvalue weighted by Crippen LogP contribution is 2.26. The van der Waals surface area contributed by atoms with Gasteiger partial charge in [-0.3, -0.25) is 9.59 Å². The molecule has 2 rings (SSSR count). The molecule has 1 heterocycles. The van der Waals surface area contributed by atoms with Gasteiger partial charge in [0.25, 0.3) is 5.91 Å². The van der Waals surface area contributed by atoms with Crippen LogP contribution < -0.4 is 0 Å². The molecule has 0 spiro atoms. The first-order valence-electron chi connectivity index (χ1n) is 7.58. The molecule has 1 amide bonds. The van der Waals surface area contributed by atoms with Crippen molar-refractivity contribution in [2.75, 3.05) is 6.54 Å². The van der Waals surface area contributed by atoms with Crippen molar-refractivity contribution in [3.63, 3.8) is 0 Å². The second-order valence-corrected chi connectivity index (χ2v) is 5.68. The summed E-state index contributed by atoms with van der Waals surface area (Å²) in [4.78, 5) is 25.1. The van der Waals surface area contributed by atoms with Gasteiger partial charge < -0.3 is 14.4 Å². The number of amides is 1. The Morgan fingerprint density at radius 3 is 2.43 bits per heavy atom. The second-order valence-electron chi connectivity index (χ2n) is 5.68. The Morgan fingerprint density at radius 2 is 1.87 bits per heavy atom. The molecule has 0 aliphatic rings. The van der Waals surface area contributed by atoms with Crippen molar-refractivity contribution in [1.82, 2.24) is 4.90 Å². The van der Waals surface area contributed by atoms with Crippen molar-refractivity contribution in [3.05, 3.63) is 47.7 Å². The molecule has 2 aromatic rings. The first kappa shape index (κ1) is 16.8. The third-order valence-corrected chi connectivity index (χ3v) is 3.66. The summed E-state index contributed by atoms with van der Waals surface area (Å²) >= 11 is 0. The lowest BCUT2D eigenvalue weighted by atomic mass is 10.1. The molecule has 1 aromatic heterocycles. The van der Waals surface area contributed by atoms with Crippen LogP contribution in [0.4, 0.5) is 0 Å². The lowest BCUT2D eigenvalue weighted by Gasteiger charge is -2.25. The number of aliphatic carboxylic acids is 1. The molecule has 122 valence electrons. The number of carbonyl (C=O) groups excluding carboxylic acids is 1. The summed E-state index contributed by atoms with van der Waals surface area (Å²) in [5.74, 6) is 0.0465. The zero-order valence-electron chi connectivity index (χ0n) is 13.6. The summed E-state index contributed by atoms with van der Waals surface area (Å²) in [5, 5.41) is 8.85. The molecule has 0 aliphatic carbocycles. The number of carbonyl (C=O) groups is 2. The predicted molar refractivity (Wildman–Crippen MR) is 87.3 cm³/mol. The third kappa shape index (κ3) is 4.00. The van der Waals surface area contributed by atoms with Crippen LogP contribution in [0.1, 0.15) is 36.4 Å². The Balaban J connectivity index is 2.27. The minimum Gasteiger partial charge on any atom is -0.481 e. The number of carboxylic acid groups (broad SMARTS) is 1. The van der Waals surface area contributed by atoms with Crippen LogP contribution in [0.5, 0.6) is 0 Å². The van der Waals surface area contributed by atoms with E-state index >= 15 is 0 Å². The molecule has 0 aliphatic heterocycles. The molecule has 0 radical (unpaired) electrons. The molecular formula is C18H21NO4. The van der Waals surface area contributed by atoms with E-state index in [0.717, 1.165) is 5.56 Å². The number of nitrogens with zero attached hydrogens (tertiary/aromatic N) is 1. The number of aryl methyl sites for hydroxylation is 1. The summed E-state index contributed by atoms with van der Waals surface area (Å²) in [6.45, 7) is 5.66. The average Bonchev–Trinajstić information content (AvgIpc) is 2.89. The molecule has 1 aromatic carbocycles. The van der Waals surface area contributed by atoms with E-state index in [0.29, 0.717) is 17.1 Å². The Bertz CT molecular complexity index is 688. The summed E-state index contributed by atoms with van der Waals surface area (Å²) in [7, 11) is 0. The predicted octanol–water partition coefficient (Wildman–Crippen LogP) is 3.58. The minimum absolute atomic E-state index is 0.0770. The van der Waals surface area contributed by atoms with Crippen LogP contribution in [0.15, 0.2) is 40.8 Å². The SMILES string of the molecule is Cc1oc(-c2ccccc2)cc1C(=O)N(CCC(=O)O)C(C)C. The first-order valence-corrected chi connectivity index (χ1v) is 7.58. The lowest BCUT2D eigenvalue weighted by molar-refractivity contribution is -0.137. The quantitative estimate of drug-likeness (QED) is 0.884. The Hall–Kier alpha value is -2.56. The highest BCUT2D eigenvalue weighted by atomic mass is 16.4. The standard InChI is InChI=1S/C18H21NO4/c1-12(2)19(10-9-17(20)21)18(22)15-11-16(23-13(15)3)14-7-5-4-6-8-14/h4-8,11-12H,9-10H2,1-3H3,(H,20,21). The van der Waals surface area contributed by atoms with Gasteiger partial charge in [0.15, 0.2) is 0 Å². The fourth-order valence-electron chi connectivity index (χ4n) is 2.40. The molecule has 0 atom stereocenters. The number of carboxylic acids is 1. The fourth-order valence-corrected chi connectivity index (χ4v) is 2.40. The van der Waals surface area contributed by atoms with Crippen LogP contribution in [0.25, 0.3) is 11.3 Å². The van der Waals surface area contributed by atoms with Gasteiger partial charge in [0.2, 0.25) is 0 Å². The molecule has 1 N–H and O–H groups in total. The van der Waals surface area contributed by atoms with Crippen molar-refractivity contribution >= 4 is 11.9 Å². The number of benzene rings is 1. The molecule has 0 bridgehead atoms. The number of furan rings is 1. The summed E-state index contributed by atoms with van der Waals surface area (Å²) in [6.07, 6.45) is -0.0770. The molecular weight excluding hydrogens is 294 g/mol. The van der Waals surface area contributed by atoms with E-state index in [-0.39, 0.29) is 24.9 Å². The Kier molecular flexibility index (Phi) is 5.21. The average molecular weight is 315 g/mol. The zero-order chi connectivity index (χ0) is 17.0. The first-order chi connectivity index (χ1) is 10.9. The van der Waals surface area contributed by atoms with Gasteiger partial charge in [0.05, 0.1) is 12.0 Å². The van der Waals surface area contributed by atoms with Crippen molar-refractivity contribution in [3.8, 4) is 11.3 Å². The molecule has 0 saturated heterocycles. The van der Waals surface area contributed by atoms with Gasteiger partial charge in [0.1, 0.15) is 11.5 Å². The second kappa shape index (κ2) is 7.13. The number of hydrogen-bond acceptors (Lipinski definition) is 3. The maximum absolute atomic E-state index is 12.7. The monoisotopic (exact) mass is 315 g/mol. The van der Waals surface area contributed by atoms with Gasteiger partial charge in [-0.05, 0) is 26.8 Å². The normalized spacial score (nSPS) is 10.8. The van der Waals surface area contributed by atoms with Crippen molar-refractivity contribution in [2.24, 2.45) is 0 Å². The van der Waals surface area contributed by atoms with E-state index in [1.807, 2.05) is 44.2 Å². The molecule has 0 unspecified atom stereocenters. The van der Waals surface area contributed by atoms with E-state index in [1.54, 1.807) is 17.9 Å². The van der Waals surface area contributed by atoms with Crippen molar-refractivity contribution < 1.29 is 19.1 Å². The maximum Gasteiger partial charge on any atom is 0.305 e. The fraction of sp³-hybridized carbons (Fsp3) is 0.333. The highest BCUT2D eigenvalue weighted by Gasteiger charge is 2.24. The maximum atomic E-state index is 12.7. The van der Waals surface area contributed by atoms with E-state index in [1.165, 1.54) is 0 Å². The lowest BCUT2D eigenvalue weighted by Crippen LogP contribution is -2.38. The zero-order valence-corrected chi connectivity index (χ0v) is 13.6. The molecule has 5 nitrogen and oxygen atoms in total. The van der Waals surface area contributed by atoms with Crippen LogP contribution in [0.3, 0.4) is 0 Å². The van der Waals surface area contributed by atoms with Gasteiger partial charge >= 0.3 is 5.97 Å². The Morgan fingerprint density at radius 1 is 1.22 bits per heavy atom. The third-order valence-electron chi connectivity index (χ3n) is 3.66. The Labute approximate surface area is 135 Å². The van der Waals surface area contributed by atoms with Gasteiger partial charge in [0, 0.05) is 18.2 Å². The molecule has 0 saturated carbocycles. The molecule has 5 heteroatoms. The topological polar surface area (TPSA) is 70.8 Å². The van der Waals surface area contributed by atoms with Crippen LogP contribution >= 0.6 is 0 Å². The van der Waals surface area contributed by atoms with Crippen LogP contribution in [0.2, 0.25) is 0 Å². The van der Waals surface area contributed by atoms with Crippen LogP contribution in [0, 0.1) is 6.92 Å². The number of hydrogen-bond donors (Lipinski definition) is 1. The van der Waals surface area contributed by atoms with E-state index in [4.69, 9.17) is 9.52 Å². The molecule has 0 fully saturated rings. The summed E-state index contributed by atoms with van der Waals surface area (Å²) in [6, 6.07) is 11.2. The number of rotatable bonds is 6. The van der Waals surface area contributed by atoms with E-state index in [2.05, 4.69) is 0 Å². The van der Waals surface area contributed by atoms with E-state index < -0.39 is 5.97 Å². The molecule has 23 heavy (non-hydrogen) atoms. The van der Waals surface area contributed by atoms with Gasteiger partial charge in [-0.25, -0.2) is 0 Å². The van der Waals surface area contributed by atoms with Gasteiger partial charge in [-0.1, -0.05) is 30.3 Å².